The highest BCUT2D eigenvalue weighted by Gasteiger charge is 2.17. The molecule has 166 valence electrons. The van der Waals surface area contributed by atoms with Gasteiger partial charge in [0, 0.05) is 0 Å². The summed E-state index contributed by atoms with van der Waals surface area (Å²) in [6.07, 6.45) is 11.3. The first kappa shape index (κ1) is 23.1. The molecule has 3 heteroatoms. The van der Waals surface area contributed by atoms with Gasteiger partial charge in [0.05, 0.1) is 6.10 Å². The van der Waals surface area contributed by atoms with E-state index in [4.69, 9.17) is 4.74 Å². The highest BCUT2D eigenvalue weighted by Crippen LogP contribution is 2.36. The molecule has 1 aliphatic carbocycles. The Hall–Kier alpha value is -2.52. The standard InChI is InChI=1S/C28H36O3/c1-20(14-15-25(29)18-23-10-6-4-7-11-23)16-26-21(2)17-27(28(30)22(26)3)31-19-24-12-8-5-9-13-24/h5,8-9,12-15,17,23,25,29-30H,1,4,6-7,10-11,16,18-19H2,2-3H3/b15-14-. The predicted molar refractivity (Wildman–Crippen MR) is 128 cm³/mol. The Morgan fingerprint density at radius 1 is 1.16 bits per heavy atom. The van der Waals surface area contributed by atoms with E-state index < -0.39 is 6.10 Å². The van der Waals surface area contributed by atoms with E-state index in [1.54, 1.807) is 0 Å². The second kappa shape index (κ2) is 11.2. The number of phenols is 1. The van der Waals surface area contributed by atoms with Crippen LogP contribution in [0.5, 0.6) is 11.5 Å². The zero-order valence-corrected chi connectivity index (χ0v) is 18.9. The molecular weight excluding hydrogens is 384 g/mol. The van der Waals surface area contributed by atoms with Crippen LogP contribution in [0.25, 0.3) is 0 Å². The number of aliphatic hydroxyl groups excluding tert-OH is 1. The molecule has 0 radical (unpaired) electrons. The fourth-order valence-electron chi connectivity index (χ4n) is 4.47. The lowest BCUT2D eigenvalue weighted by atomic mass is 9.85. The molecule has 2 aromatic rings. The van der Waals surface area contributed by atoms with Crippen molar-refractivity contribution in [2.45, 2.75) is 71.5 Å². The second-order valence-corrected chi connectivity index (χ2v) is 8.92. The second-order valence-electron chi connectivity index (χ2n) is 8.92. The Morgan fingerprint density at radius 3 is 2.58 bits per heavy atom. The van der Waals surface area contributed by atoms with E-state index in [1.165, 1.54) is 32.1 Å². The van der Waals surface area contributed by atoms with Crippen LogP contribution in [0, 0.1) is 19.8 Å². The van der Waals surface area contributed by atoms with Crippen LogP contribution < -0.4 is 4.74 Å². The first-order valence-corrected chi connectivity index (χ1v) is 11.5. The molecule has 0 bridgehead atoms. The van der Waals surface area contributed by atoms with Gasteiger partial charge >= 0.3 is 0 Å². The van der Waals surface area contributed by atoms with E-state index in [2.05, 4.69) is 6.58 Å². The summed E-state index contributed by atoms with van der Waals surface area (Å²) in [6, 6.07) is 11.8. The number of allylic oxidation sites excluding steroid dienone is 2. The van der Waals surface area contributed by atoms with Gasteiger partial charge in [0.2, 0.25) is 0 Å². The first-order chi connectivity index (χ1) is 14.9. The fourth-order valence-corrected chi connectivity index (χ4v) is 4.47. The van der Waals surface area contributed by atoms with Crippen molar-refractivity contribution in [3.8, 4) is 11.5 Å². The highest BCUT2D eigenvalue weighted by atomic mass is 16.5. The van der Waals surface area contributed by atoms with Gasteiger partial charge in [0.25, 0.3) is 0 Å². The molecule has 2 N–H and O–H groups in total. The van der Waals surface area contributed by atoms with Gasteiger partial charge in [-0.2, -0.15) is 0 Å². The Labute approximate surface area is 187 Å². The molecule has 2 aromatic carbocycles. The third-order valence-corrected chi connectivity index (χ3v) is 6.36. The van der Waals surface area contributed by atoms with Crippen LogP contribution in [0.15, 0.2) is 60.7 Å². The summed E-state index contributed by atoms with van der Waals surface area (Å²) in [7, 11) is 0. The van der Waals surface area contributed by atoms with Gasteiger partial charge < -0.3 is 14.9 Å². The van der Waals surface area contributed by atoms with Crippen molar-refractivity contribution in [2.75, 3.05) is 0 Å². The van der Waals surface area contributed by atoms with Crippen molar-refractivity contribution < 1.29 is 14.9 Å². The van der Waals surface area contributed by atoms with Crippen LogP contribution in [-0.2, 0) is 13.0 Å². The largest absolute Gasteiger partial charge is 0.504 e. The number of benzene rings is 2. The summed E-state index contributed by atoms with van der Waals surface area (Å²) in [5.74, 6) is 1.34. The predicted octanol–water partition coefficient (Wildman–Crippen LogP) is 6.57. The SMILES string of the molecule is C=C(/C=C\C(O)CC1CCCCC1)Cc1c(C)cc(OCc2ccccc2)c(O)c1C. The minimum Gasteiger partial charge on any atom is -0.504 e. The summed E-state index contributed by atoms with van der Waals surface area (Å²) in [5.41, 5.74) is 4.93. The number of aliphatic hydroxyl groups is 1. The van der Waals surface area contributed by atoms with Crippen molar-refractivity contribution in [1.29, 1.82) is 0 Å². The first-order valence-electron chi connectivity index (χ1n) is 11.5. The Morgan fingerprint density at radius 2 is 1.87 bits per heavy atom. The van der Waals surface area contributed by atoms with Crippen LogP contribution in [0.3, 0.4) is 0 Å². The quantitative estimate of drug-likeness (QED) is 0.451. The maximum atomic E-state index is 10.7. The van der Waals surface area contributed by atoms with Gasteiger partial charge in [-0.1, -0.05) is 86.7 Å². The molecule has 0 spiro atoms. The molecule has 31 heavy (non-hydrogen) atoms. The van der Waals surface area contributed by atoms with Gasteiger partial charge in [-0.15, -0.1) is 0 Å². The average Bonchev–Trinajstić information content (AvgIpc) is 2.78. The van der Waals surface area contributed by atoms with Crippen molar-refractivity contribution in [2.24, 2.45) is 5.92 Å². The third-order valence-electron chi connectivity index (χ3n) is 6.36. The lowest BCUT2D eigenvalue weighted by molar-refractivity contribution is 0.170. The van der Waals surface area contributed by atoms with Crippen molar-refractivity contribution in [3.05, 3.63) is 83.0 Å². The summed E-state index contributed by atoms with van der Waals surface area (Å²) in [6.45, 7) is 8.54. The zero-order chi connectivity index (χ0) is 22.2. The zero-order valence-electron chi connectivity index (χ0n) is 18.9. The van der Waals surface area contributed by atoms with E-state index in [0.717, 1.165) is 34.2 Å². The van der Waals surface area contributed by atoms with E-state index in [9.17, 15) is 10.2 Å². The van der Waals surface area contributed by atoms with Gasteiger partial charge in [0.15, 0.2) is 11.5 Å². The van der Waals surface area contributed by atoms with E-state index in [0.29, 0.717) is 24.7 Å². The number of aromatic hydroxyl groups is 1. The summed E-state index contributed by atoms with van der Waals surface area (Å²) >= 11 is 0. The molecule has 1 saturated carbocycles. The van der Waals surface area contributed by atoms with E-state index in [1.807, 2.05) is 62.4 Å². The maximum Gasteiger partial charge on any atom is 0.161 e. The lowest BCUT2D eigenvalue weighted by Gasteiger charge is -2.22. The molecule has 3 nitrogen and oxygen atoms in total. The van der Waals surface area contributed by atoms with Crippen LogP contribution in [0.2, 0.25) is 0 Å². The van der Waals surface area contributed by atoms with Gasteiger partial charge in [-0.3, -0.25) is 0 Å². The molecule has 1 atom stereocenters. The van der Waals surface area contributed by atoms with E-state index in [-0.39, 0.29) is 5.75 Å². The third kappa shape index (κ3) is 6.73. The number of rotatable bonds is 9. The Balaban J connectivity index is 1.60. The summed E-state index contributed by atoms with van der Waals surface area (Å²) in [4.78, 5) is 0. The molecule has 1 aliphatic rings. The Bertz CT molecular complexity index is 892. The van der Waals surface area contributed by atoms with Crippen molar-refractivity contribution >= 4 is 0 Å². The van der Waals surface area contributed by atoms with Gasteiger partial charge in [-0.05, 0) is 60.9 Å². The van der Waals surface area contributed by atoms with Crippen molar-refractivity contribution in [1.82, 2.24) is 0 Å². The highest BCUT2D eigenvalue weighted by molar-refractivity contribution is 5.54. The Kier molecular flexibility index (Phi) is 8.36. The number of aryl methyl sites for hydroxylation is 1. The number of hydrogen-bond acceptors (Lipinski definition) is 3. The van der Waals surface area contributed by atoms with Gasteiger partial charge in [-0.25, -0.2) is 0 Å². The van der Waals surface area contributed by atoms with E-state index >= 15 is 0 Å². The smallest absolute Gasteiger partial charge is 0.161 e. The number of phenolic OH excluding ortho intramolecular Hbond substituents is 1. The normalized spacial score (nSPS) is 15.8. The van der Waals surface area contributed by atoms with Crippen molar-refractivity contribution in [3.63, 3.8) is 0 Å². The van der Waals surface area contributed by atoms with Gasteiger partial charge in [0.1, 0.15) is 6.61 Å². The molecular formula is C28H36O3. The van der Waals surface area contributed by atoms with Crippen LogP contribution in [-0.4, -0.2) is 16.3 Å². The monoisotopic (exact) mass is 420 g/mol. The lowest BCUT2D eigenvalue weighted by Crippen LogP contribution is -2.14. The molecule has 0 aromatic heterocycles. The average molecular weight is 421 g/mol. The molecule has 3 rings (SSSR count). The van der Waals surface area contributed by atoms with Crippen LogP contribution >= 0.6 is 0 Å². The summed E-state index contributed by atoms with van der Waals surface area (Å²) < 4.78 is 5.88. The molecule has 1 unspecified atom stereocenters. The minimum atomic E-state index is -0.413. The number of ether oxygens (including phenoxy) is 1. The molecule has 0 saturated heterocycles. The maximum absolute atomic E-state index is 10.7. The topological polar surface area (TPSA) is 49.7 Å². The molecule has 1 fully saturated rings. The minimum absolute atomic E-state index is 0.186. The summed E-state index contributed by atoms with van der Waals surface area (Å²) in [5, 5.41) is 21.1. The molecule has 0 aliphatic heterocycles. The van der Waals surface area contributed by atoms with Crippen LogP contribution in [0.1, 0.15) is 60.8 Å². The number of hydrogen-bond donors (Lipinski definition) is 2. The van der Waals surface area contributed by atoms with Crippen LogP contribution in [0.4, 0.5) is 0 Å². The molecule has 0 heterocycles. The molecule has 0 amide bonds. The fraction of sp³-hybridized carbons (Fsp3) is 0.429.